The van der Waals surface area contributed by atoms with Crippen molar-refractivity contribution in [3.63, 3.8) is 0 Å². The molecule has 2 heteroatoms. The minimum Gasteiger partial charge on any atom is -0.496 e. The summed E-state index contributed by atoms with van der Waals surface area (Å²) in [5.74, 6) is 1.80. The number of hydrogen-bond donors (Lipinski definition) is 1. The molecule has 2 rings (SSSR count). The molecule has 2 nitrogen and oxygen atoms in total. The van der Waals surface area contributed by atoms with Crippen molar-refractivity contribution in [2.45, 2.75) is 32.1 Å². The molecule has 0 saturated heterocycles. The number of anilines is 1. The van der Waals surface area contributed by atoms with Crippen LogP contribution in [-0.2, 0) is 6.42 Å². The highest BCUT2D eigenvalue weighted by Gasteiger charge is 2.17. The summed E-state index contributed by atoms with van der Waals surface area (Å²) < 4.78 is 5.36. The smallest absolute Gasteiger partial charge is 0.124 e. The molecule has 0 unspecified atom stereocenters. The van der Waals surface area contributed by atoms with Gasteiger partial charge < -0.3 is 10.5 Å². The number of rotatable bonds is 3. The molecule has 1 fully saturated rings. The summed E-state index contributed by atoms with van der Waals surface area (Å²) >= 11 is 0. The second-order valence-electron chi connectivity index (χ2n) is 4.43. The Kier molecular flexibility index (Phi) is 3.14. The van der Waals surface area contributed by atoms with Gasteiger partial charge in [-0.3, -0.25) is 0 Å². The van der Waals surface area contributed by atoms with Gasteiger partial charge in [0.2, 0.25) is 0 Å². The van der Waals surface area contributed by atoms with Gasteiger partial charge in [0.05, 0.1) is 7.11 Å². The zero-order valence-corrected chi connectivity index (χ0v) is 9.33. The van der Waals surface area contributed by atoms with Gasteiger partial charge in [-0.2, -0.15) is 0 Å². The maximum Gasteiger partial charge on any atom is 0.124 e. The number of ether oxygens (including phenoxy) is 1. The Morgan fingerprint density at radius 1 is 1.33 bits per heavy atom. The average molecular weight is 205 g/mol. The Morgan fingerprint density at radius 3 is 2.73 bits per heavy atom. The normalized spacial score (nSPS) is 16.9. The molecule has 2 N–H and O–H groups in total. The van der Waals surface area contributed by atoms with Gasteiger partial charge in [0.25, 0.3) is 0 Å². The highest BCUT2D eigenvalue weighted by atomic mass is 16.5. The van der Waals surface area contributed by atoms with E-state index in [2.05, 4.69) is 6.07 Å². The van der Waals surface area contributed by atoms with Crippen LogP contribution in [0.5, 0.6) is 5.75 Å². The van der Waals surface area contributed by atoms with Crippen LogP contribution >= 0.6 is 0 Å². The zero-order valence-electron chi connectivity index (χ0n) is 9.33. The molecule has 0 spiro atoms. The molecular weight excluding hydrogens is 186 g/mol. The Labute approximate surface area is 91.4 Å². The fraction of sp³-hybridized carbons (Fsp3) is 0.538. The number of nitrogens with two attached hydrogens (primary N) is 1. The fourth-order valence-corrected chi connectivity index (χ4v) is 2.46. The third-order valence-corrected chi connectivity index (χ3v) is 3.29. The van der Waals surface area contributed by atoms with Crippen LogP contribution in [0.1, 0.15) is 31.2 Å². The monoisotopic (exact) mass is 205 g/mol. The summed E-state index contributed by atoms with van der Waals surface area (Å²) in [6, 6.07) is 5.99. The molecule has 82 valence electrons. The molecule has 0 bridgehead atoms. The Balaban J connectivity index is 2.12. The van der Waals surface area contributed by atoms with Gasteiger partial charge >= 0.3 is 0 Å². The largest absolute Gasteiger partial charge is 0.496 e. The van der Waals surface area contributed by atoms with Crippen LogP contribution < -0.4 is 10.5 Å². The highest BCUT2D eigenvalue weighted by Crippen LogP contribution is 2.31. The third kappa shape index (κ3) is 2.44. The first-order valence-electron chi connectivity index (χ1n) is 5.72. The van der Waals surface area contributed by atoms with E-state index in [1.807, 2.05) is 12.1 Å². The lowest BCUT2D eigenvalue weighted by molar-refractivity contribution is 0.404. The number of benzene rings is 1. The van der Waals surface area contributed by atoms with Crippen molar-refractivity contribution in [1.82, 2.24) is 0 Å². The van der Waals surface area contributed by atoms with Gasteiger partial charge in [0.15, 0.2) is 0 Å². The van der Waals surface area contributed by atoms with Gasteiger partial charge in [-0.1, -0.05) is 31.7 Å². The van der Waals surface area contributed by atoms with Crippen LogP contribution in [0.3, 0.4) is 0 Å². The first-order valence-corrected chi connectivity index (χ1v) is 5.72. The van der Waals surface area contributed by atoms with E-state index in [1.54, 1.807) is 7.11 Å². The average Bonchev–Trinajstić information content (AvgIpc) is 2.73. The minimum absolute atomic E-state index is 0.780. The summed E-state index contributed by atoms with van der Waals surface area (Å²) in [5.41, 5.74) is 7.82. The molecule has 0 aromatic heterocycles. The molecule has 1 aromatic rings. The van der Waals surface area contributed by atoms with Crippen molar-refractivity contribution >= 4 is 5.69 Å². The Hall–Kier alpha value is -1.18. The Morgan fingerprint density at radius 2 is 2.07 bits per heavy atom. The van der Waals surface area contributed by atoms with Crippen molar-refractivity contribution in [2.24, 2.45) is 5.92 Å². The number of nitrogen functional groups attached to an aromatic ring is 1. The van der Waals surface area contributed by atoms with E-state index in [1.165, 1.54) is 31.2 Å². The van der Waals surface area contributed by atoms with Gasteiger partial charge in [-0.15, -0.1) is 0 Å². The van der Waals surface area contributed by atoms with Gasteiger partial charge in [0, 0.05) is 11.8 Å². The second-order valence-corrected chi connectivity index (χ2v) is 4.43. The van der Waals surface area contributed by atoms with E-state index < -0.39 is 0 Å². The van der Waals surface area contributed by atoms with E-state index in [0.717, 1.165) is 23.8 Å². The second kappa shape index (κ2) is 4.56. The lowest BCUT2D eigenvalue weighted by Gasteiger charge is -2.13. The SMILES string of the molecule is COc1cc(N)ccc1CC1CCCC1. The lowest BCUT2D eigenvalue weighted by atomic mass is 9.97. The summed E-state index contributed by atoms with van der Waals surface area (Å²) in [6.07, 6.45) is 6.66. The lowest BCUT2D eigenvalue weighted by Crippen LogP contribution is -2.01. The van der Waals surface area contributed by atoms with Crippen molar-refractivity contribution in [2.75, 3.05) is 12.8 Å². The maximum atomic E-state index is 5.73. The fourth-order valence-electron chi connectivity index (χ4n) is 2.46. The van der Waals surface area contributed by atoms with E-state index in [0.29, 0.717) is 0 Å². The van der Waals surface area contributed by atoms with Crippen LogP contribution in [-0.4, -0.2) is 7.11 Å². The Bertz CT molecular complexity index is 329. The topological polar surface area (TPSA) is 35.2 Å². The molecule has 15 heavy (non-hydrogen) atoms. The highest BCUT2D eigenvalue weighted by molar-refractivity contribution is 5.48. The first kappa shape index (κ1) is 10.3. The quantitative estimate of drug-likeness (QED) is 0.770. The molecule has 0 aliphatic heterocycles. The molecule has 0 radical (unpaired) electrons. The van der Waals surface area contributed by atoms with Crippen LogP contribution in [0.2, 0.25) is 0 Å². The van der Waals surface area contributed by atoms with Crippen molar-refractivity contribution < 1.29 is 4.74 Å². The van der Waals surface area contributed by atoms with Crippen LogP contribution in [0.25, 0.3) is 0 Å². The van der Waals surface area contributed by atoms with Crippen LogP contribution in [0.4, 0.5) is 5.69 Å². The molecule has 1 aliphatic carbocycles. The van der Waals surface area contributed by atoms with Crippen molar-refractivity contribution in [1.29, 1.82) is 0 Å². The molecule has 0 heterocycles. The first-order chi connectivity index (χ1) is 7.29. The van der Waals surface area contributed by atoms with Gasteiger partial charge in [-0.25, -0.2) is 0 Å². The predicted octanol–water partition coefficient (Wildman–Crippen LogP) is 3.01. The summed E-state index contributed by atoms with van der Waals surface area (Å²) in [7, 11) is 1.72. The van der Waals surface area contributed by atoms with Crippen LogP contribution in [0, 0.1) is 5.92 Å². The summed E-state index contributed by atoms with van der Waals surface area (Å²) in [6.45, 7) is 0. The summed E-state index contributed by atoms with van der Waals surface area (Å²) in [4.78, 5) is 0. The zero-order chi connectivity index (χ0) is 10.7. The molecule has 0 atom stereocenters. The van der Waals surface area contributed by atoms with Crippen molar-refractivity contribution in [3.05, 3.63) is 23.8 Å². The molecule has 1 aliphatic rings. The molecule has 1 aromatic carbocycles. The van der Waals surface area contributed by atoms with Crippen LogP contribution in [0.15, 0.2) is 18.2 Å². The van der Waals surface area contributed by atoms with E-state index in [4.69, 9.17) is 10.5 Å². The van der Waals surface area contributed by atoms with E-state index >= 15 is 0 Å². The third-order valence-electron chi connectivity index (χ3n) is 3.29. The minimum atomic E-state index is 0.780. The maximum absolute atomic E-state index is 5.73. The standard InChI is InChI=1S/C13H19NO/c1-15-13-9-12(14)7-6-11(13)8-10-4-2-3-5-10/h6-7,9-10H,2-5,8,14H2,1H3. The van der Waals surface area contributed by atoms with E-state index in [-0.39, 0.29) is 0 Å². The van der Waals surface area contributed by atoms with Crippen molar-refractivity contribution in [3.8, 4) is 5.75 Å². The van der Waals surface area contributed by atoms with Gasteiger partial charge in [0.1, 0.15) is 5.75 Å². The molecule has 0 amide bonds. The number of methoxy groups -OCH3 is 1. The molecule has 1 saturated carbocycles. The molecular formula is C13H19NO. The number of hydrogen-bond acceptors (Lipinski definition) is 2. The predicted molar refractivity (Wildman–Crippen MR) is 63.1 cm³/mol. The van der Waals surface area contributed by atoms with E-state index in [9.17, 15) is 0 Å². The van der Waals surface area contributed by atoms with Gasteiger partial charge in [-0.05, 0) is 24.0 Å². The summed E-state index contributed by atoms with van der Waals surface area (Å²) in [5, 5.41) is 0.